The Labute approximate surface area is 173 Å². The summed E-state index contributed by atoms with van der Waals surface area (Å²) in [7, 11) is 0. The number of hydrogen-bond donors (Lipinski definition) is 1. The highest BCUT2D eigenvalue weighted by Crippen LogP contribution is 2.23. The van der Waals surface area contributed by atoms with E-state index < -0.39 is 0 Å². The number of amides is 1. The number of oxazole rings is 1. The lowest BCUT2D eigenvalue weighted by Crippen LogP contribution is -2.35. The molecule has 3 aromatic heterocycles. The molecule has 1 N–H and O–H groups in total. The number of rotatable bonds is 5. The first-order valence-electron chi connectivity index (χ1n) is 9.88. The maximum Gasteiger partial charge on any atom is 0.254 e. The van der Waals surface area contributed by atoms with Gasteiger partial charge in [0.15, 0.2) is 11.7 Å². The van der Waals surface area contributed by atoms with Crippen molar-refractivity contribution in [2.75, 3.05) is 6.54 Å². The van der Waals surface area contributed by atoms with Gasteiger partial charge in [-0.3, -0.25) is 14.9 Å². The van der Waals surface area contributed by atoms with Crippen molar-refractivity contribution in [2.45, 2.75) is 25.8 Å². The van der Waals surface area contributed by atoms with Crippen molar-refractivity contribution in [3.8, 4) is 11.4 Å². The molecule has 8 heteroatoms. The van der Waals surface area contributed by atoms with Gasteiger partial charge in [0.05, 0.1) is 6.54 Å². The van der Waals surface area contributed by atoms with Crippen LogP contribution in [0.5, 0.6) is 0 Å². The molecule has 8 nitrogen and oxygen atoms in total. The Hall–Kier alpha value is -3.81. The fourth-order valence-electron chi connectivity index (χ4n) is 3.63. The molecule has 150 valence electrons. The first-order chi connectivity index (χ1) is 14.8. The number of carbonyl (C=O) groups is 1. The van der Waals surface area contributed by atoms with Crippen LogP contribution in [-0.2, 0) is 25.8 Å². The van der Waals surface area contributed by atoms with Gasteiger partial charge >= 0.3 is 0 Å². The van der Waals surface area contributed by atoms with Crippen LogP contribution >= 0.6 is 0 Å². The molecule has 1 amide bonds. The first kappa shape index (κ1) is 18.2. The molecule has 0 fully saturated rings. The van der Waals surface area contributed by atoms with Crippen LogP contribution in [0.4, 0.5) is 0 Å². The highest BCUT2D eigenvalue weighted by atomic mass is 16.4. The molecular formula is C22H20N6O2. The van der Waals surface area contributed by atoms with E-state index in [1.165, 1.54) is 6.33 Å². The normalized spacial score (nSPS) is 13.3. The van der Waals surface area contributed by atoms with Crippen LogP contribution in [0.3, 0.4) is 0 Å². The van der Waals surface area contributed by atoms with Gasteiger partial charge in [0.25, 0.3) is 5.91 Å². The average Bonchev–Trinajstić information content (AvgIpc) is 3.47. The number of aromatic nitrogens is 5. The van der Waals surface area contributed by atoms with E-state index in [1.807, 2.05) is 47.5 Å². The predicted octanol–water partition coefficient (Wildman–Crippen LogP) is 2.84. The molecule has 4 aromatic rings. The number of aryl methyl sites for hydroxylation is 2. The minimum Gasteiger partial charge on any atom is -0.445 e. The Morgan fingerprint density at radius 3 is 2.83 bits per heavy atom. The van der Waals surface area contributed by atoms with Gasteiger partial charge in [-0.2, -0.15) is 5.10 Å². The molecule has 0 bridgehead atoms. The molecule has 5 rings (SSSR count). The summed E-state index contributed by atoms with van der Waals surface area (Å²) in [5.74, 6) is 2.28. The third kappa shape index (κ3) is 3.71. The fourth-order valence-corrected chi connectivity index (χ4v) is 3.63. The highest BCUT2D eigenvalue weighted by Gasteiger charge is 2.26. The Balaban J connectivity index is 1.25. The Morgan fingerprint density at radius 1 is 1.17 bits per heavy atom. The lowest BCUT2D eigenvalue weighted by Gasteiger charge is -2.25. The summed E-state index contributed by atoms with van der Waals surface area (Å²) < 4.78 is 5.93. The monoisotopic (exact) mass is 400 g/mol. The predicted molar refractivity (Wildman–Crippen MR) is 108 cm³/mol. The Bertz CT molecular complexity index is 1140. The summed E-state index contributed by atoms with van der Waals surface area (Å²) in [5.41, 5.74) is 3.54. The van der Waals surface area contributed by atoms with Gasteiger partial charge in [0.2, 0.25) is 0 Å². The molecule has 0 saturated carbocycles. The van der Waals surface area contributed by atoms with Gasteiger partial charge in [-0.05, 0) is 30.2 Å². The van der Waals surface area contributed by atoms with Crippen molar-refractivity contribution in [2.24, 2.45) is 0 Å². The maximum atomic E-state index is 12.9. The van der Waals surface area contributed by atoms with Crippen LogP contribution in [0.15, 0.2) is 59.5 Å². The molecule has 0 aliphatic carbocycles. The summed E-state index contributed by atoms with van der Waals surface area (Å²) in [6, 6.07) is 11.3. The molecule has 1 aromatic carbocycles. The standard InChI is InChI=1S/C22H20N6O2/c29-22(17-6-4-16(5-7-17)21-24-14-25-27-21)28-11-9-19-18(13-28)26-20(30-19)8-3-15-2-1-10-23-12-15/h1-2,4-7,10,12,14H,3,8-9,11,13H2,(H,24,25,27). The number of fused-ring (bicyclic) bond motifs is 1. The van der Waals surface area contributed by atoms with Crippen LogP contribution in [0, 0.1) is 0 Å². The zero-order valence-corrected chi connectivity index (χ0v) is 16.3. The third-order valence-corrected chi connectivity index (χ3v) is 5.23. The number of nitrogens with zero attached hydrogens (tertiary/aromatic N) is 5. The van der Waals surface area contributed by atoms with E-state index >= 15 is 0 Å². The highest BCUT2D eigenvalue weighted by molar-refractivity contribution is 5.94. The number of H-pyrrole nitrogens is 1. The van der Waals surface area contributed by atoms with Gasteiger partial charge in [0.1, 0.15) is 17.8 Å². The van der Waals surface area contributed by atoms with Gasteiger partial charge in [-0.25, -0.2) is 9.97 Å². The van der Waals surface area contributed by atoms with E-state index in [0.717, 1.165) is 41.3 Å². The number of aromatic amines is 1. The van der Waals surface area contributed by atoms with Gasteiger partial charge in [0, 0.05) is 42.9 Å². The molecule has 0 atom stereocenters. The summed E-state index contributed by atoms with van der Waals surface area (Å²) in [5, 5.41) is 6.67. The molecule has 0 spiro atoms. The molecule has 0 unspecified atom stereocenters. The number of hydrogen-bond acceptors (Lipinski definition) is 6. The lowest BCUT2D eigenvalue weighted by atomic mass is 10.1. The second-order valence-corrected chi connectivity index (χ2v) is 7.23. The van der Waals surface area contributed by atoms with Crippen LogP contribution in [-0.4, -0.2) is 42.5 Å². The molecule has 0 saturated heterocycles. The van der Waals surface area contributed by atoms with E-state index in [2.05, 4.69) is 25.1 Å². The first-order valence-corrected chi connectivity index (χ1v) is 9.88. The van der Waals surface area contributed by atoms with E-state index in [0.29, 0.717) is 30.9 Å². The molecule has 30 heavy (non-hydrogen) atoms. The van der Waals surface area contributed by atoms with Crippen LogP contribution in [0.2, 0.25) is 0 Å². The average molecular weight is 400 g/mol. The molecule has 1 aliphatic heterocycles. The SMILES string of the molecule is O=C(c1ccc(-c2ncn[nH]2)cc1)N1CCc2oc(CCc3cccnc3)nc2C1. The van der Waals surface area contributed by atoms with E-state index in [9.17, 15) is 4.79 Å². The van der Waals surface area contributed by atoms with Crippen LogP contribution < -0.4 is 0 Å². The summed E-state index contributed by atoms with van der Waals surface area (Å²) in [6.45, 7) is 1.08. The van der Waals surface area contributed by atoms with E-state index in [4.69, 9.17) is 4.42 Å². The lowest BCUT2D eigenvalue weighted by molar-refractivity contribution is 0.0728. The van der Waals surface area contributed by atoms with Crippen molar-refractivity contribution in [1.82, 2.24) is 30.0 Å². The van der Waals surface area contributed by atoms with Crippen molar-refractivity contribution in [3.63, 3.8) is 0 Å². The second kappa shape index (κ2) is 7.90. The number of pyridine rings is 1. The van der Waals surface area contributed by atoms with Crippen molar-refractivity contribution in [3.05, 3.63) is 83.6 Å². The largest absolute Gasteiger partial charge is 0.445 e. The smallest absolute Gasteiger partial charge is 0.254 e. The third-order valence-electron chi connectivity index (χ3n) is 5.23. The Morgan fingerprint density at radius 2 is 2.07 bits per heavy atom. The molecule has 1 aliphatic rings. The number of carbonyl (C=O) groups excluding carboxylic acids is 1. The maximum absolute atomic E-state index is 12.9. The quantitative estimate of drug-likeness (QED) is 0.553. The minimum absolute atomic E-state index is 0.00956. The molecule has 4 heterocycles. The van der Waals surface area contributed by atoms with Crippen LogP contribution in [0.25, 0.3) is 11.4 Å². The topological polar surface area (TPSA) is 101 Å². The number of nitrogens with one attached hydrogen (secondary N) is 1. The van der Waals surface area contributed by atoms with Gasteiger partial charge in [-0.1, -0.05) is 18.2 Å². The van der Waals surface area contributed by atoms with Gasteiger partial charge in [-0.15, -0.1) is 0 Å². The Kier molecular flexibility index (Phi) is 4.80. The molecular weight excluding hydrogens is 380 g/mol. The van der Waals surface area contributed by atoms with E-state index in [1.54, 1.807) is 6.20 Å². The summed E-state index contributed by atoms with van der Waals surface area (Å²) >= 11 is 0. The second-order valence-electron chi connectivity index (χ2n) is 7.23. The number of benzene rings is 1. The van der Waals surface area contributed by atoms with Gasteiger partial charge < -0.3 is 9.32 Å². The zero-order valence-electron chi connectivity index (χ0n) is 16.3. The minimum atomic E-state index is -0.00956. The zero-order chi connectivity index (χ0) is 20.3. The summed E-state index contributed by atoms with van der Waals surface area (Å²) in [4.78, 5) is 27.7. The van der Waals surface area contributed by atoms with Crippen LogP contribution in [0.1, 0.15) is 33.3 Å². The molecule has 0 radical (unpaired) electrons. The fraction of sp³-hybridized carbons (Fsp3) is 0.227. The summed E-state index contributed by atoms with van der Waals surface area (Å²) in [6.07, 6.45) is 7.31. The van der Waals surface area contributed by atoms with Crippen molar-refractivity contribution < 1.29 is 9.21 Å². The van der Waals surface area contributed by atoms with Crippen molar-refractivity contribution in [1.29, 1.82) is 0 Å². The van der Waals surface area contributed by atoms with Crippen molar-refractivity contribution >= 4 is 5.91 Å². The van der Waals surface area contributed by atoms with E-state index in [-0.39, 0.29) is 5.91 Å².